The predicted molar refractivity (Wildman–Crippen MR) is 86.1 cm³/mol. The lowest BCUT2D eigenvalue weighted by Gasteiger charge is -2.44. The van der Waals surface area contributed by atoms with Crippen LogP contribution >= 0.6 is 0 Å². The second-order valence-corrected chi connectivity index (χ2v) is 10.5. The third-order valence-corrected chi connectivity index (χ3v) is 10.9. The minimum absolute atomic E-state index is 1.30. The van der Waals surface area contributed by atoms with Crippen LogP contribution in [0.1, 0.15) is 41.5 Å². The van der Waals surface area contributed by atoms with E-state index in [1.807, 2.05) is 0 Å². The zero-order chi connectivity index (χ0) is 14.2. The Labute approximate surface area is 122 Å². The maximum atomic E-state index is 2.39. The lowest BCUT2D eigenvalue weighted by Crippen LogP contribution is -2.49. The molecule has 2 saturated carbocycles. The quantitative estimate of drug-likeness (QED) is 0.636. The number of hydrogen-bond donors (Lipinski definition) is 0. The summed E-state index contributed by atoms with van der Waals surface area (Å²) in [6, 6.07) is 2.61. The summed E-state index contributed by atoms with van der Waals surface area (Å²) in [5.74, 6) is 6.15. The van der Waals surface area contributed by atoms with Crippen LogP contribution < -0.4 is 0 Å². The van der Waals surface area contributed by atoms with Crippen molar-refractivity contribution in [3.8, 4) is 0 Å². The van der Waals surface area contributed by atoms with Gasteiger partial charge in [0, 0.05) is 0 Å². The molecular formula is C18H26Si. The predicted octanol–water partition coefficient (Wildman–Crippen LogP) is 4.92. The van der Waals surface area contributed by atoms with Gasteiger partial charge < -0.3 is 0 Å². The number of hydrogen-bond acceptors (Lipinski definition) is 0. The van der Waals surface area contributed by atoms with Gasteiger partial charge in [-0.1, -0.05) is 53.6 Å². The highest BCUT2D eigenvalue weighted by Gasteiger charge is 2.56. The first-order valence-electron chi connectivity index (χ1n) is 7.45. The van der Waals surface area contributed by atoms with Crippen LogP contribution in [-0.4, -0.2) is 8.07 Å². The summed E-state index contributed by atoms with van der Waals surface area (Å²) in [6.45, 7) is 14.0. The van der Waals surface area contributed by atoms with E-state index in [-0.39, 0.29) is 0 Å². The average Bonchev–Trinajstić information content (AvgIpc) is 3.01. The Kier molecular flexibility index (Phi) is 4.86. The monoisotopic (exact) mass is 270 g/mol. The molecule has 0 aliphatic heterocycles. The van der Waals surface area contributed by atoms with Crippen LogP contribution in [0.15, 0.2) is 0 Å². The first-order chi connectivity index (χ1) is 8.99. The molecule has 0 amide bonds. The standard InChI is InChI=1S/C18H26Si/c1-7-19(8-2,17-11-9-10-12-17)18-15(5)13(3)14(4)16(18)6/h9-12H,7-8H2,1-6H3. The summed E-state index contributed by atoms with van der Waals surface area (Å²) in [4.78, 5) is 0. The highest BCUT2D eigenvalue weighted by Crippen LogP contribution is 2.60. The van der Waals surface area contributed by atoms with Crippen molar-refractivity contribution >= 4 is 8.07 Å². The maximum Gasteiger partial charge on any atom is 0.0680 e. The lowest BCUT2D eigenvalue weighted by atomic mass is 9.92. The summed E-state index contributed by atoms with van der Waals surface area (Å²) in [7, 11) is -1.54. The molecule has 0 spiro atoms. The van der Waals surface area contributed by atoms with Gasteiger partial charge in [0.1, 0.15) is 0 Å². The molecule has 10 radical (unpaired) electrons. The van der Waals surface area contributed by atoms with Gasteiger partial charge in [-0.3, -0.25) is 0 Å². The van der Waals surface area contributed by atoms with E-state index < -0.39 is 8.07 Å². The van der Waals surface area contributed by atoms with E-state index in [2.05, 4.69) is 67.2 Å². The summed E-state index contributed by atoms with van der Waals surface area (Å²) >= 11 is 0. The molecule has 2 rings (SSSR count). The molecule has 0 heterocycles. The van der Waals surface area contributed by atoms with Crippen LogP contribution in [-0.2, 0) is 0 Å². The van der Waals surface area contributed by atoms with E-state index in [1.54, 1.807) is 22.9 Å². The molecule has 0 aromatic carbocycles. The molecule has 2 fully saturated rings. The van der Waals surface area contributed by atoms with E-state index in [9.17, 15) is 0 Å². The van der Waals surface area contributed by atoms with Gasteiger partial charge in [-0.25, -0.2) is 0 Å². The molecule has 0 aromatic heterocycles. The van der Waals surface area contributed by atoms with Gasteiger partial charge in [-0.05, 0) is 60.4 Å². The maximum absolute atomic E-state index is 2.39. The summed E-state index contributed by atoms with van der Waals surface area (Å²) in [5.41, 5.74) is 3.34. The molecule has 0 aromatic rings. The molecule has 102 valence electrons. The molecule has 2 aliphatic carbocycles. The minimum atomic E-state index is -1.54. The Morgan fingerprint density at radius 1 is 0.737 bits per heavy atom. The van der Waals surface area contributed by atoms with Crippen molar-refractivity contribution in [1.82, 2.24) is 0 Å². The molecule has 0 N–H and O–H groups in total. The molecule has 2 aliphatic rings. The largest absolute Gasteiger partial charge is 0.0680 e. The fourth-order valence-corrected chi connectivity index (χ4v) is 8.74. The fraction of sp³-hybridized carbons (Fsp3) is 0.444. The van der Waals surface area contributed by atoms with E-state index >= 15 is 0 Å². The van der Waals surface area contributed by atoms with Gasteiger partial charge in [0.2, 0.25) is 0 Å². The van der Waals surface area contributed by atoms with Gasteiger partial charge in [-0.15, -0.1) is 0 Å². The fourth-order valence-electron chi connectivity index (χ4n) is 3.79. The lowest BCUT2D eigenvalue weighted by molar-refractivity contribution is 0.973. The van der Waals surface area contributed by atoms with Gasteiger partial charge in [0.25, 0.3) is 0 Å². The Hall–Kier alpha value is 0.217. The van der Waals surface area contributed by atoms with E-state index in [1.165, 1.54) is 23.9 Å². The van der Waals surface area contributed by atoms with E-state index in [4.69, 9.17) is 0 Å². The Morgan fingerprint density at radius 3 is 1.53 bits per heavy atom. The van der Waals surface area contributed by atoms with Crippen molar-refractivity contribution in [1.29, 1.82) is 0 Å². The van der Waals surface area contributed by atoms with Crippen LogP contribution in [0.5, 0.6) is 0 Å². The first kappa shape index (κ1) is 15.6. The normalized spacial score (nSPS) is 26.8. The van der Waals surface area contributed by atoms with Crippen molar-refractivity contribution in [3.63, 3.8) is 0 Å². The van der Waals surface area contributed by atoms with Crippen LogP contribution in [0.25, 0.3) is 0 Å². The highest BCUT2D eigenvalue weighted by atomic mass is 28.3. The molecule has 0 unspecified atom stereocenters. The molecule has 1 heteroatoms. The smallest absolute Gasteiger partial charge is 0.0677 e. The second kappa shape index (κ2) is 5.91. The summed E-state index contributed by atoms with van der Waals surface area (Å²) < 4.78 is 0. The topological polar surface area (TPSA) is 0 Å². The van der Waals surface area contributed by atoms with Crippen LogP contribution in [0.2, 0.25) is 12.1 Å². The van der Waals surface area contributed by atoms with Crippen molar-refractivity contribution in [2.45, 2.75) is 53.6 Å². The first-order valence-corrected chi connectivity index (χ1v) is 9.86. The zero-order valence-electron chi connectivity index (χ0n) is 13.2. The minimum Gasteiger partial charge on any atom is -0.0677 e. The van der Waals surface area contributed by atoms with Crippen molar-refractivity contribution in [2.24, 2.45) is 0 Å². The second-order valence-electron chi connectivity index (χ2n) is 5.84. The Bertz CT molecular complexity index is 274. The molecule has 19 heavy (non-hydrogen) atoms. The van der Waals surface area contributed by atoms with Crippen molar-refractivity contribution in [3.05, 3.63) is 60.4 Å². The molecule has 0 atom stereocenters. The van der Waals surface area contributed by atoms with Crippen LogP contribution in [0.3, 0.4) is 0 Å². The van der Waals surface area contributed by atoms with Gasteiger partial charge >= 0.3 is 0 Å². The van der Waals surface area contributed by atoms with E-state index in [0.717, 1.165) is 0 Å². The number of rotatable bonds is 4. The molecule has 0 bridgehead atoms. The van der Waals surface area contributed by atoms with Crippen molar-refractivity contribution < 1.29 is 0 Å². The molecular weight excluding hydrogens is 244 g/mol. The van der Waals surface area contributed by atoms with Crippen LogP contribution in [0, 0.1) is 60.4 Å². The zero-order valence-corrected chi connectivity index (χ0v) is 14.2. The molecule has 0 nitrogen and oxygen atoms in total. The summed E-state index contributed by atoms with van der Waals surface area (Å²) in [6.07, 6.45) is 9.12. The van der Waals surface area contributed by atoms with Gasteiger partial charge in [-0.2, -0.15) is 0 Å². The van der Waals surface area contributed by atoms with Crippen LogP contribution in [0.4, 0.5) is 0 Å². The Morgan fingerprint density at radius 2 is 1.16 bits per heavy atom. The van der Waals surface area contributed by atoms with Crippen molar-refractivity contribution in [2.75, 3.05) is 0 Å². The highest BCUT2D eigenvalue weighted by molar-refractivity contribution is 6.92. The average molecular weight is 270 g/mol. The summed E-state index contributed by atoms with van der Waals surface area (Å²) in [5, 5.41) is 0. The third kappa shape index (κ3) is 2.34. The molecule has 0 saturated heterocycles. The van der Waals surface area contributed by atoms with Gasteiger partial charge in [0.05, 0.1) is 8.07 Å². The third-order valence-electron chi connectivity index (χ3n) is 5.34. The Balaban J connectivity index is 2.32. The SMILES string of the molecule is CC[Si](CC)([C]1[CH][CH][CH][CH]1)[C]1[C](C)[C](C)[C](C)[C]1C. The van der Waals surface area contributed by atoms with Gasteiger partial charge in [0.15, 0.2) is 0 Å². The van der Waals surface area contributed by atoms with E-state index in [0.29, 0.717) is 0 Å².